The summed E-state index contributed by atoms with van der Waals surface area (Å²) < 4.78 is 39.4. The predicted molar refractivity (Wildman–Crippen MR) is 77.0 cm³/mol. The molecular weight excluding hydrogens is 368 g/mol. The lowest BCUT2D eigenvalue weighted by molar-refractivity contribution is -0.148. The van der Waals surface area contributed by atoms with Gasteiger partial charge in [0.05, 0.1) is 6.42 Å². The van der Waals surface area contributed by atoms with Crippen LogP contribution in [0.4, 0.5) is 13.2 Å². The molecule has 1 N–H and O–H groups in total. The SMILES string of the molecule is FC(F)(F)C[C@H](c1ccccc1I)N1CCNCC1. The first-order valence-electron chi connectivity index (χ1n) is 6.23. The second-order valence-electron chi connectivity index (χ2n) is 4.64. The Morgan fingerprint density at radius 2 is 1.84 bits per heavy atom. The van der Waals surface area contributed by atoms with Gasteiger partial charge in [-0.1, -0.05) is 18.2 Å². The highest BCUT2D eigenvalue weighted by molar-refractivity contribution is 14.1. The molecule has 1 fully saturated rings. The molecule has 0 aromatic heterocycles. The summed E-state index contributed by atoms with van der Waals surface area (Å²) in [5.74, 6) is 0. The summed E-state index contributed by atoms with van der Waals surface area (Å²) in [5, 5.41) is 3.17. The van der Waals surface area contributed by atoms with E-state index >= 15 is 0 Å². The highest BCUT2D eigenvalue weighted by atomic mass is 127. The van der Waals surface area contributed by atoms with Gasteiger partial charge in [-0.3, -0.25) is 4.90 Å². The van der Waals surface area contributed by atoms with Crippen molar-refractivity contribution in [2.75, 3.05) is 26.2 Å². The van der Waals surface area contributed by atoms with Crippen LogP contribution in [0, 0.1) is 3.57 Å². The van der Waals surface area contributed by atoms with Crippen LogP contribution in [0.1, 0.15) is 18.0 Å². The summed E-state index contributed by atoms with van der Waals surface area (Å²) in [7, 11) is 0. The standard InChI is InChI=1S/C13H16F3IN2/c14-13(15,16)9-12(19-7-5-18-6-8-19)10-3-1-2-4-11(10)17/h1-4,12,18H,5-9H2/t12-/m1/s1. The van der Waals surface area contributed by atoms with E-state index in [-0.39, 0.29) is 0 Å². The minimum absolute atomic E-state index is 0.574. The van der Waals surface area contributed by atoms with Gasteiger partial charge in [0.15, 0.2) is 0 Å². The quantitative estimate of drug-likeness (QED) is 0.806. The number of nitrogens with zero attached hydrogens (tertiary/aromatic N) is 1. The molecule has 0 spiro atoms. The van der Waals surface area contributed by atoms with Gasteiger partial charge in [-0.2, -0.15) is 13.2 Å². The molecule has 6 heteroatoms. The third kappa shape index (κ3) is 4.32. The molecule has 0 aliphatic carbocycles. The largest absolute Gasteiger partial charge is 0.390 e. The van der Waals surface area contributed by atoms with Gasteiger partial charge in [-0.25, -0.2) is 0 Å². The fourth-order valence-electron chi connectivity index (χ4n) is 2.39. The maximum atomic E-state index is 12.8. The Kier molecular flexibility index (Phi) is 5.08. The molecule has 0 unspecified atom stereocenters. The zero-order valence-electron chi connectivity index (χ0n) is 10.4. The fraction of sp³-hybridized carbons (Fsp3) is 0.538. The van der Waals surface area contributed by atoms with E-state index in [9.17, 15) is 13.2 Å². The molecule has 2 rings (SSSR count). The molecule has 19 heavy (non-hydrogen) atoms. The molecule has 1 aliphatic rings. The molecule has 0 saturated carbocycles. The highest BCUT2D eigenvalue weighted by Gasteiger charge is 2.36. The van der Waals surface area contributed by atoms with Crippen molar-refractivity contribution in [1.29, 1.82) is 0 Å². The van der Waals surface area contributed by atoms with Crippen molar-refractivity contribution < 1.29 is 13.2 Å². The van der Waals surface area contributed by atoms with Crippen LogP contribution in [0.15, 0.2) is 24.3 Å². The lowest BCUT2D eigenvalue weighted by Gasteiger charge is -2.36. The molecule has 0 bridgehead atoms. The molecular formula is C13H16F3IN2. The topological polar surface area (TPSA) is 15.3 Å². The first-order valence-corrected chi connectivity index (χ1v) is 7.31. The Morgan fingerprint density at radius 1 is 1.21 bits per heavy atom. The van der Waals surface area contributed by atoms with Gasteiger partial charge in [-0.05, 0) is 34.2 Å². The Balaban J connectivity index is 2.25. The van der Waals surface area contributed by atoms with Crippen molar-refractivity contribution in [3.63, 3.8) is 0 Å². The number of rotatable bonds is 3. The molecule has 0 amide bonds. The van der Waals surface area contributed by atoms with Crippen molar-refractivity contribution >= 4 is 22.6 Å². The second kappa shape index (κ2) is 6.41. The van der Waals surface area contributed by atoms with Crippen LogP contribution in [0.3, 0.4) is 0 Å². The molecule has 2 nitrogen and oxygen atoms in total. The van der Waals surface area contributed by atoms with Crippen molar-refractivity contribution in [3.05, 3.63) is 33.4 Å². The van der Waals surface area contributed by atoms with Gasteiger partial charge in [0.1, 0.15) is 0 Å². The van der Waals surface area contributed by atoms with E-state index in [0.29, 0.717) is 13.1 Å². The summed E-state index contributed by atoms with van der Waals surface area (Å²) in [5.41, 5.74) is 0.780. The van der Waals surface area contributed by atoms with Crippen LogP contribution in [0.2, 0.25) is 0 Å². The van der Waals surface area contributed by atoms with Gasteiger partial charge in [0.2, 0.25) is 0 Å². The smallest absolute Gasteiger partial charge is 0.314 e. The molecule has 1 atom stereocenters. The normalized spacial score (nSPS) is 19.4. The molecule has 1 aromatic rings. The first kappa shape index (κ1) is 15.1. The lowest BCUT2D eigenvalue weighted by atomic mass is 10.0. The average molecular weight is 384 g/mol. The van der Waals surface area contributed by atoms with Crippen LogP contribution < -0.4 is 5.32 Å². The number of hydrogen-bond donors (Lipinski definition) is 1. The highest BCUT2D eigenvalue weighted by Crippen LogP contribution is 2.35. The number of alkyl halides is 3. The summed E-state index contributed by atoms with van der Waals surface area (Å²) in [6, 6.07) is 6.76. The number of halogens is 4. The van der Waals surface area contributed by atoms with Crippen LogP contribution in [-0.4, -0.2) is 37.3 Å². The van der Waals surface area contributed by atoms with E-state index < -0.39 is 18.6 Å². The van der Waals surface area contributed by atoms with E-state index in [4.69, 9.17) is 0 Å². The third-order valence-electron chi connectivity index (χ3n) is 3.28. The molecule has 1 saturated heterocycles. The number of hydrogen-bond acceptors (Lipinski definition) is 2. The average Bonchev–Trinajstić information content (AvgIpc) is 2.37. The van der Waals surface area contributed by atoms with E-state index in [1.54, 1.807) is 6.07 Å². The molecule has 0 radical (unpaired) electrons. The van der Waals surface area contributed by atoms with Crippen molar-refractivity contribution in [2.45, 2.75) is 18.6 Å². The van der Waals surface area contributed by atoms with Crippen molar-refractivity contribution in [1.82, 2.24) is 10.2 Å². The fourth-order valence-corrected chi connectivity index (χ4v) is 3.14. The monoisotopic (exact) mass is 384 g/mol. The predicted octanol–water partition coefficient (Wildman–Crippen LogP) is 3.19. The maximum Gasteiger partial charge on any atom is 0.390 e. The van der Waals surface area contributed by atoms with Crippen LogP contribution in [0.25, 0.3) is 0 Å². The number of piperazine rings is 1. The molecule has 1 aliphatic heterocycles. The van der Waals surface area contributed by atoms with E-state index in [1.807, 2.05) is 23.1 Å². The molecule has 1 heterocycles. The summed E-state index contributed by atoms with van der Waals surface area (Å²) >= 11 is 2.11. The van der Waals surface area contributed by atoms with Crippen molar-refractivity contribution in [2.24, 2.45) is 0 Å². The Hall–Kier alpha value is -0.340. The minimum Gasteiger partial charge on any atom is -0.314 e. The molecule has 106 valence electrons. The summed E-state index contributed by atoms with van der Waals surface area (Å²) in [4.78, 5) is 1.93. The lowest BCUT2D eigenvalue weighted by Crippen LogP contribution is -2.46. The van der Waals surface area contributed by atoms with Gasteiger partial charge < -0.3 is 5.32 Å². The van der Waals surface area contributed by atoms with Crippen LogP contribution in [-0.2, 0) is 0 Å². The van der Waals surface area contributed by atoms with Gasteiger partial charge in [-0.15, -0.1) is 0 Å². The van der Waals surface area contributed by atoms with Gasteiger partial charge in [0, 0.05) is 35.8 Å². The van der Waals surface area contributed by atoms with E-state index in [2.05, 4.69) is 27.9 Å². The van der Waals surface area contributed by atoms with Crippen LogP contribution in [0.5, 0.6) is 0 Å². The minimum atomic E-state index is -4.14. The third-order valence-corrected chi connectivity index (χ3v) is 4.26. The Labute approximate surface area is 124 Å². The van der Waals surface area contributed by atoms with E-state index in [1.165, 1.54) is 0 Å². The Morgan fingerprint density at radius 3 is 2.42 bits per heavy atom. The number of nitrogens with one attached hydrogen (secondary N) is 1. The Bertz CT molecular complexity index is 417. The van der Waals surface area contributed by atoms with Crippen molar-refractivity contribution in [3.8, 4) is 0 Å². The molecule has 1 aromatic carbocycles. The summed E-state index contributed by atoms with van der Waals surface area (Å²) in [6.45, 7) is 2.81. The van der Waals surface area contributed by atoms with Gasteiger partial charge in [0.25, 0.3) is 0 Å². The number of benzene rings is 1. The summed E-state index contributed by atoms with van der Waals surface area (Å²) in [6.07, 6.45) is -4.93. The van der Waals surface area contributed by atoms with E-state index in [0.717, 1.165) is 22.2 Å². The maximum absolute atomic E-state index is 12.8. The van der Waals surface area contributed by atoms with Gasteiger partial charge >= 0.3 is 6.18 Å². The van der Waals surface area contributed by atoms with Crippen LogP contribution >= 0.6 is 22.6 Å². The first-order chi connectivity index (χ1) is 8.97. The zero-order valence-corrected chi connectivity index (χ0v) is 12.5. The zero-order chi connectivity index (χ0) is 13.9. The second-order valence-corrected chi connectivity index (χ2v) is 5.80.